The summed E-state index contributed by atoms with van der Waals surface area (Å²) in [6, 6.07) is 6.93. The van der Waals surface area contributed by atoms with Gasteiger partial charge in [-0.25, -0.2) is 4.39 Å². The summed E-state index contributed by atoms with van der Waals surface area (Å²) in [5.74, 6) is 0.267. The molecule has 1 unspecified atom stereocenters. The van der Waals surface area contributed by atoms with Crippen molar-refractivity contribution in [2.45, 2.75) is 70.0 Å². The number of hydrogen-bond donors (Lipinski definition) is 0. The highest BCUT2D eigenvalue weighted by Gasteiger charge is 2.46. The third-order valence-corrected chi connectivity index (χ3v) is 7.59. The van der Waals surface area contributed by atoms with Gasteiger partial charge in [0.1, 0.15) is 21.9 Å². The minimum atomic E-state index is -1.15. The molecule has 0 aliphatic heterocycles. The summed E-state index contributed by atoms with van der Waals surface area (Å²) in [4.78, 5) is 4.38. The first-order chi connectivity index (χ1) is 12.8. The second-order valence-corrected chi connectivity index (χ2v) is 11.1. The first-order valence-electron chi connectivity index (χ1n) is 9.78. The van der Waals surface area contributed by atoms with Crippen LogP contribution < -0.4 is 0 Å². The van der Waals surface area contributed by atoms with Crippen molar-refractivity contribution in [1.29, 1.82) is 0 Å². The van der Waals surface area contributed by atoms with Gasteiger partial charge in [-0.05, 0) is 100 Å². The van der Waals surface area contributed by atoms with Crippen LogP contribution in [0.1, 0.15) is 70.8 Å². The zero-order valence-electron chi connectivity index (χ0n) is 16.3. The smallest absolute Gasteiger partial charge is 0.144 e. The molecule has 5 heteroatoms. The molecule has 2 saturated carbocycles. The Kier molecular flexibility index (Phi) is 4.79. The van der Waals surface area contributed by atoms with E-state index in [1.54, 1.807) is 12.1 Å². The molecule has 0 saturated heterocycles. The lowest BCUT2D eigenvalue weighted by Crippen LogP contribution is -2.41. The van der Waals surface area contributed by atoms with E-state index >= 15 is 0 Å². The lowest BCUT2D eigenvalue weighted by molar-refractivity contribution is 0.158. The Balaban J connectivity index is 1.44. The highest BCUT2D eigenvalue weighted by atomic mass is 32.2. The summed E-state index contributed by atoms with van der Waals surface area (Å²) in [7, 11) is 0. The van der Waals surface area contributed by atoms with Gasteiger partial charge in [-0.3, -0.25) is 4.98 Å². The highest BCUT2D eigenvalue weighted by molar-refractivity contribution is 7.91. The Labute approximate surface area is 163 Å². The van der Waals surface area contributed by atoms with Crippen molar-refractivity contribution in [2.75, 3.05) is 0 Å². The van der Waals surface area contributed by atoms with E-state index in [9.17, 15) is 8.94 Å². The molecule has 0 N–H and O–H groups in total. The molecule has 144 valence electrons. The van der Waals surface area contributed by atoms with Crippen molar-refractivity contribution >= 4 is 28.0 Å². The lowest BCUT2D eigenvalue weighted by Gasteiger charge is -2.47. The van der Waals surface area contributed by atoms with Crippen molar-refractivity contribution in [3.63, 3.8) is 0 Å². The maximum absolute atomic E-state index is 13.7. The van der Waals surface area contributed by atoms with Gasteiger partial charge in [-0.1, -0.05) is 4.40 Å². The average Bonchev–Trinajstić information content (AvgIpc) is 2.59. The van der Waals surface area contributed by atoms with E-state index in [2.05, 4.69) is 15.4 Å². The molecule has 1 heterocycles. The molecule has 0 radical (unpaired) electrons. The monoisotopic (exact) mass is 386 g/mol. The van der Waals surface area contributed by atoms with Gasteiger partial charge in [0.2, 0.25) is 0 Å². The summed E-state index contributed by atoms with van der Waals surface area (Å²) >= 11 is -1.15. The molecule has 2 fully saturated rings. The summed E-state index contributed by atoms with van der Waals surface area (Å²) in [5, 5.41) is 0.954. The number of pyridine rings is 1. The molecular weight excluding hydrogens is 359 g/mol. The van der Waals surface area contributed by atoms with Gasteiger partial charge in [0.25, 0.3) is 0 Å². The molecule has 2 aliphatic carbocycles. The topological polar surface area (TPSA) is 48.3 Å². The Hall–Kier alpha value is -1.46. The van der Waals surface area contributed by atoms with Crippen LogP contribution in [0.2, 0.25) is 0 Å². The molecule has 1 atom stereocenters. The number of fused-ring (bicyclic) bond motifs is 1. The SMILES string of the molecule is CC(C)(C)[S+]([O-])N=C1CC2(CCC(c3ccnc4ccc(F)cc34)CC2)C1. The van der Waals surface area contributed by atoms with Gasteiger partial charge < -0.3 is 4.55 Å². The lowest BCUT2D eigenvalue weighted by atomic mass is 9.57. The fraction of sp³-hybridized carbons (Fsp3) is 0.545. The van der Waals surface area contributed by atoms with Crippen LogP contribution in [0.25, 0.3) is 10.9 Å². The van der Waals surface area contributed by atoms with Crippen molar-refractivity contribution < 1.29 is 8.94 Å². The molecule has 27 heavy (non-hydrogen) atoms. The fourth-order valence-corrected chi connectivity index (χ4v) is 5.16. The first kappa shape index (κ1) is 18.9. The number of benzene rings is 1. The second kappa shape index (κ2) is 6.85. The normalized spacial score (nSPS) is 26.9. The standard InChI is InChI=1S/C22H27FN2OS/c1-21(2,3)27(26)25-17-13-22(14-17)9-6-15(7-10-22)18-8-11-24-20-5-4-16(23)12-19(18)20/h4-5,8,11-12,15H,6-7,9-10,13-14H2,1-3H3. The molecule has 4 rings (SSSR count). The molecule has 1 aromatic heterocycles. The third-order valence-electron chi connectivity index (χ3n) is 6.12. The van der Waals surface area contributed by atoms with E-state index in [0.29, 0.717) is 11.3 Å². The fourth-order valence-electron chi connectivity index (χ4n) is 4.52. The molecule has 0 bridgehead atoms. The maximum Gasteiger partial charge on any atom is 0.144 e. The van der Waals surface area contributed by atoms with Crippen LogP contribution in [0.5, 0.6) is 0 Å². The van der Waals surface area contributed by atoms with Crippen molar-refractivity contribution in [3.8, 4) is 0 Å². The van der Waals surface area contributed by atoms with Gasteiger partial charge in [-0.2, -0.15) is 0 Å². The summed E-state index contributed by atoms with van der Waals surface area (Å²) < 4.78 is 30.1. The maximum atomic E-state index is 13.7. The number of rotatable bonds is 2. The summed E-state index contributed by atoms with van der Waals surface area (Å²) in [6.07, 6.45) is 8.39. The molecule has 1 aromatic carbocycles. The van der Waals surface area contributed by atoms with Crippen LogP contribution in [-0.4, -0.2) is 20.0 Å². The van der Waals surface area contributed by atoms with Gasteiger partial charge >= 0.3 is 0 Å². The van der Waals surface area contributed by atoms with Gasteiger partial charge in [-0.15, -0.1) is 0 Å². The minimum Gasteiger partial charge on any atom is -0.591 e. The Bertz CT molecular complexity index is 872. The zero-order valence-corrected chi connectivity index (χ0v) is 17.1. The van der Waals surface area contributed by atoms with Gasteiger partial charge in [0, 0.05) is 11.6 Å². The van der Waals surface area contributed by atoms with E-state index < -0.39 is 11.4 Å². The third kappa shape index (κ3) is 3.77. The van der Waals surface area contributed by atoms with E-state index in [1.165, 1.54) is 11.6 Å². The van der Waals surface area contributed by atoms with Crippen LogP contribution in [0.15, 0.2) is 34.9 Å². The van der Waals surface area contributed by atoms with Gasteiger partial charge in [0.15, 0.2) is 0 Å². The molecule has 3 nitrogen and oxygen atoms in total. The van der Waals surface area contributed by atoms with Crippen molar-refractivity contribution in [3.05, 3.63) is 41.8 Å². The van der Waals surface area contributed by atoms with E-state index in [-0.39, 0.29) is 10.6 Å². The Morgan fingerprint density at radius 2 is 1.89 bits per heavy atom. The summed E-state index contributed by atoms with van der Waals surface area (Å²) in [6.45, 7) is 5.90. The van der Waals surface area contributed by atoms with E-state index in [0.717, 1.165) is 55.1 Å². The number of halogens is 1. The Morgan fingerprint density at radius 1 is 1.19 bits per heavy atom. The van der Waals surface area contributed by atoms with Crippen LogP contribution in [0.4, 0.5) is 4.39 Å². The first-order valence-corrected chi connectivity index (χ1v) is 10.9. The molecule has 2 aliphatic rings. The zero-order chi connectivity index (χ0) is 19.2. The van der Waals surface area contributed by atoms with E-state index in [1.807, 2.05) is 27.0 Å². The van der Waals surface area contributed by atoms with Crippen molar-refractivity contribution in [2.24, 2.45) is 9.81 Å². The van der Waals surface area contributed by atoms with Crippen molar-refractivity contribution in [1.82, 2.24) is 4.98 Å². The summed E-state index contributed by atoms with van der Waals surface area (Å²) in [5.41, 5.74) is 3.58. The average molecular weight is 387 g/mol. The number of aromatic nitrogens is 1. The van der Waals surface area contributed by atoms with Crippen LogP contribution >= 0.6 is 0 Å². The molecule has 0 amide bonds. The molecular formula is C22H27FN2OS. The number of nitrogens with zero attached hydrogens (tertiary/aromatic N) is 2. The second-order valence-electron chi connectivity index (χ2n) is 9.21. The van der Waals surface area contributed by atoms with E-state index in [4.69, 9.17) is 0 Å². The largest absolute Gasteiger partial charge is 0.591 e. The predicted molar refractivity (Wildman–Crippen MR) is 110 cm³/mol. The van der Waals surface area contributed by atoms with Crippen LogP contribution in [0.3, 0.4) is 0 Å². The van der Waals surface area contributed by atoms with Crippen LogP contribution in [-0.2, 0) is 11.4 Å². The predicted octanol–water partition coefficient (Wildman–Crippen LogP) is 5.71. The highest BCUT2D eigenvalue weighted by Crippen LogP contribution is 2.54. The Morgan fingerprint density at radius 3 is 2.56 bits per heavy atom. The van der Waals surface area contributed by atoms with Gasteiger partial charge in [0.05, 0.1) is 11.2 Å². The molecule has 1 spiro atoms. The quantitative estimate of drug-likeness (QED) is 0.620. The van der Waals surface area contributed by atoms with Crippen LogP contribution in [0, 0.1) is 11.2 Å². The minimum absolute atomic E-state index is 0.198. The number of hydrogen-bond acceptors (Lipinski definition) is 3. The molecule has 2 aromatic rings.